The smallest absolute Gasteiger partial charge is 0.137 e. The summed E-state index contributed by atoms with van der Waals surface area (Å²) >= 11 is 6.44. The van der Waals surface area contributed by atoms with E-state index in [0.29, 0.717) is 6.61 Å². The van der Waals surface area contributed by atoms with Crippen LogP contribution in [0.5, 0.6) is 5.75 Å². The molecule has 4 heteroatoms. The van der Waals surface area contributed by atoms with E-state index in [1.807, 2.05) is 44.3 Å². The fourth-order valence-corrected chi connectivity index (χ4v) is 2.88. The lowest BCUT2D eigenvalue weighted by Gasteiger charge is -2.09. The third-order valence-electron chi connectivity index (χ3n) is 3.81. The molecule has 0 saturated carbocycles. The van der Waals surface area contributed by atoms with Gasteiger partial charge in [-0.2, -0.15) is 0 Å². The van der Waals surface area contributed by atoms with E-state index >= 15 is 0 Å². The highest BCUT2D eigenvalue weighted by Gasteiger charge is 2.18. The van der Waals surface area contributed by atoms with E-state index in [1.165, 1.54) is 5.56 Å². The van der Waals surface area contributed by atoms with Gasteiger partial charge >= 0.3 is 0 Å². The first-order chi connectivity index (χ1) is 11.5. The number of imidazole rings is 1. The Bertz CT molecular complexity index is 879. The normalized spacial score (nSPS) is 12.3. The summed E-state index contributed by atoms with van der Waals surface area (Å²) in [5.74, 6) is 0.821. The molecule has 0 aliphatic rings. The monoisotopic (exact) mass is 340 g/mol. The van der Waals surface area contributed by atoms with Gasteiger partial charge in [0.2, 0.25) is 0 Å². The van der Waals surface area contributed by atoms with Crippen LogP contribution in [0, 0.1) is 6.92 Å². The number of hydrogen-bond donors (Lipinski definition) is 0. The largest absolute Gasteiger partial charge is 0.489 e. The van der Waals surface area contributed by atoms with Crippen LogP contribution in [0.25, 0.3) is 16.9 Å². The fraction of sp³-hybridized carbons (Fsp3) is 0.250. The minimum atomic E-state index is -0.142. The molecule has 3 aromatic rings. The highest BCUT2D eigenvalue weighted by molar-refractivity contribution is 6.20. The summed E-state index contributed by atoms with van der Waals surface area (Å²) in [7, 11) is 0. The van der Waals surface area contributed by atoms with Gasteiger partial charge in [0, 0.05) is 11.8 Å². The number of rotatable bonds is 5. The second kappa shape index (κ2) is 6.70. The SMILES string of the molecule is C=C(C)COc1ccc(-c2nc3cc(C)ccn3c2C(C)Cl)cc1. The van der Waals surface area contributed by atoms with Crippen molar-refractivity contribution in [3.05, 3.63) is 66.0 Å². The number of hydrogen-bond acceptors (Lipinski definition) is 2. The van der Waals surface area contributed by atoms with E-state index in [1.54, 1.807) is 0 Å². The Balaban J connectivity index is 2.02. The lowest BCUT2D eigenvalue weighted by atomic mass is 10.1. The van der Waals surface area contributed by atoms with Crippen molar-refractivity contribution in [1.29, 1.82) is 0 Å². The Labute approximate surface area is 147 Å². The van der Waals surface area contributed by atoms with Gasteiger partial charge in [-0.1, -0.05) is 6.58 Å². The minimum absolute atomic E-state index is 0.142. The third-order valence-corrected chi connectivity index (χ3v) is 4.02. The van der Waals surface area contributed by atoms with Crippen LogP contribution in [0.2, 0.25) is 0 Å². The summed E-state index contributed by atoms with van der Waals surface area (Å²) in [6.45, 7) is 10.3. The molecule has 24 heavy (non-hydrogen) atoms. The van der Waals surface area contributed by atoms with E-state index in [0.717, 1.165) is 33.9 Å². The molecule has 1 aromatic carbocycles. The molecule has 3 rings (SSSR count). The summed E-state index contributed by atoms with van der Waals surface area (Å²) in [5.41, 5.74) is 6.03. The summed E-state index contributed by atoms with van der Waals surface area (Å²) < 4.78 is 7.72. The van der Waals surface area contributed by atoms with Crippen molar-refractivity contribution in [2.45, 2.75) is 26.1 Å². The van der Waals surface area contributed by atoms with Crippen LogP contribution in [0.1, 0.15) is 30.5 Å². The molecule has 0 saturated heterocycles. The van der Waals surface area contributed by atoms with Crippen molar-refractivity contribution < 1.29 is 4.74 Å². The first kappa shape index (κ1) is 16.6. The summed E-state index contributed by atoms with van der Waals surface area (Å²) in [6.07, 6.45) is 2.03. The molecular weight excluding hydrogens is 320 g/mol. The van der Waals surface area contributed by atoms with Gasteiger partial charge in [0.1, 0.15) is 18.0 Å². The Morgan fingerprint density at radius 3 is 2.62 bits per heavy atom. The Kier molecular flexibility index (Phi) is 4.63. The predicted octanol–water partition coefficient (Wildman–Crippen LogP) is 5.56. The van der Waals surface area contributed by atoms with Crippen molar-refractivity contribution in [3.8, 4) is 17.0 Å². The zero-order chi connectivity index (χ0) is 17.3. The number of pyridine rings is 1. The van der Waals surface area contributed by atoms with Crippen molar-refractivity contribution >= 4 is 17.2 Å². The number of nitrogens with zero attached hydrogens (tertiary/aromatic N) is 2. The summed E-state index contributed by atoms with van der Waals surface area (Å²) in [4.78, 5) is 4.79. The number of aryl methyl sites for hydroxylation is 1. The van der Waals surface area contributed by atoms with Crippen molar-refractivity contribution in [2.24, 2.45) is 0 Å². The molecule has 1 unspecified atom stereocenters. The molecule has 0 aliphatic carbocycles. The molecule has 0 fully saturated rings. The average molecular weight is 341 g/mol. The average Bonchev–Trinajstić information content (AvgIpc) is 2.92. The molecule has 0 bridgehead atoms. The number of fused-ring (bicyclic) bond motifs is 1. The zero-order valence-corrected chi connectivity index (χ0v) is 15.0. The molecule has 0 radical (unpaired) electrons. The highest BCUT2D eigenvalue weighted by atomic mass is 35.5. The second-order valence-electron chi connectivity index (χ2n) is 6.16. The maximum absolute atomic E-state index is 6.44. The van der Waals surface area contributed by atoms with Gasteiger partial charge < -0.3 is 9.14 Å². The lowest BCUT2D eigenvalue weighted by molar-refractivity contribution is 0.353. The zero-order valence-electron chi connectivity index (χ0n) is 14.2. The molecular formula is C20H21ClN2O. The first-order valence-electron chi connectivity index (χ1n) is 7.96. The predicted molar refractivity (Wildman–Crippen MR) is 99.9 cm³/mol. The number of benzene rings is 1. The Morgan fingerprint density at radius 1 is 1.29 bits per heavy atom. The van der Waals surface area contributed by atoms with E-state index in [9.17, 15) is 0 Å². The summed E-state index contributed by atoms with van der Waals surface area (Å²) in [6, 6.07) is 12.1. The van der Waals surface area contributed by atoms with Gasteiger partial charge in [0.15, 0.2) is 0 Å². The number of aromatic nitrogens is 2. The quantitative estimate of drug-likeness (QED) is 0.448. The van der Waals surface area contributed by atoms with Gasteiger partial charge in [-0.05, 0) is 68.3 Å². The van der Waals surface area contributed by atoms with Crippen molar-refractivity contribution in [1.82, 2.24) is 9.38 Å². The number of alkyl halides is 1. The van der Waals surface area contributed by atoms with Crippen LogP contribution in [0.3, 0.4) is 0 Å². The van der Waals surface area contributed by atoms with Crippen molar-refractivity contribution in [2.75, 3.05) is 6.61 Å². The van der Waals surface area contributed by atoms with Crippen LogP contribution in [0.15, 0.2) is 54.7 Å². The van der Waals surface area contributed by atoms with Gasteiger partial charge in [0.05, 0.1) is 16.8 Å². The summed E-state index contributed by atoms with van der Waals surface area (Å²) in [5, 5.41) is -0.142. The Morgan fingerprint density at radius 2 is 2.00 bits per heavy atom. The lowest BCUT2D eigenvalue weighted by Crippen LogP contribution is -1.97. The van der Waals surface area contributed by atoms with E-state index in [2.05, 4.69) is 30.0 Å². The molecule has 0 aliphatic heterocycles. The first-order valence-corrected chi connectivity index (χ1v) is 8.39. The van der Waals surface area contributed by atoms with E-state index < -0.39 is 0 Å². The molecule has 0 N–H and O–H groups in total. The van der Waals surface area contributed by atoms with Gasteiger partial charge in [-0.3, -0.25) is 0 Å². The van der Waals surface area contributed by atoms with Crippen LogP contribution < -0.4 is 4.74 Å². The minimum Gasteiger partial charge on any atom is -0.489 e. The maximum atomic E-state index is 6.44. The van der Waals surface area contributed by atoms with E-state index in [4.69, 9.17) is 21.3 Å². The fourth-order valence-electron chi connectivity index (χ4n) is 2.67. The topological polar surface area (TPSA) is 26.5 Å². The molecule has 2 heterocycles. The van der Waals surface area contributed by atoms with Crippen LogP contribution in [0.4, 0.5) is 0 Å². The van der Waals surface area contributed by atoms with Crippen molar-refractivity contribution in [3.63, 3.8) is 0 Å². The number of halogens is 1. The van der Waals surface area contributed by atoms with Gasteiger partial charge in [0.25, 0.3) is 0 Å². The van der Waals surface area contributed by atoms with Crippen LogP contribution >= 0.6 is 11.6 Å². The molecule has 1 atom stereocenters. The van der Waals surface area contributed by atoms with Gasteiger partial charge in [-0.25, -0.2) is 4.98 Å². The third kappa shape index (κ3) is 3.31. The molecule has 0 amide bonds. The molecule has 124 valence electrons. The molecule has 0 spiro atoms. The molecule has 2 aromatic heterocycles. The van der Waals surface area contributed by atoms with E-state index in [-0.39, 0.29) is 5.38 Å². The second-order valence-corrected chi connectivity index (χ2v) is 6.82. The number of ether oxygens (including phenoxy) is 1. The molecule has 3 nitrogen and oxygen atoms in total. The van der Waals surface area contributed by atoms with Crippen LogP contribution in [-0.4, -0.2) is 16.0 Å². The maximum Gasteiger partial charge on any atom is 0.137 e. The van der Waals surface area contributed by atoms with Crippen LogP contribution in [-0.2, 0) is 0 Å². The standard InChI is InChI=1S/C20H21ClN2O/c1-13(2)12-24-17-7-5-16(6-8-17)19-20(15(4)21)23-10-9-14(3)11-18(23)22-19/h5-11,15H,1,12H2,2-4H3. The Hall–Kier alpha value is -2.26. The van der Waals surface area contributed by atoms with Gasteiger partial charge in [-0.15, -0.1) is 11.6 Å². The highest BCUT2D eigenvalue weighted by Crippen LogP contribution is 2.33.